The van der Waals surface area contributed by atoms with Crippen LogP contribution in [0.5, 0.6) is 0 Å². The molecule has 1 aromatic rings. The number of rotatable bonds is 3. The summed E-state index contributed by atoms with van der Waals surface area (Å²) in [7, 11) is 0. The lowest BCUT2D eigenvalue weighted by Crippen LogP contribution is -2.29. The number of hydrogen-bond acceptors (Lipinski definition) is 2. The molecule has 6 heteroatoms. The van der Waals surface area contributed by atoms with Crippen LogP contribution >= 0.6 is 46.6 Å². The molecule has 1 aliphatic rings. The normalized spacial score (nSPS) is 14.3. The Morgan fingerprint density at radius 2 is 2.26 bits per heavy atom. The van der Waals surface area contributed by atoms with Gasteiger partial charge in [-0.2, -0.15) is 0 Å². The first kappa shape index (κ1) is 16.8. The van der Waals surface area contributed by atoms with Gasteiger partial charge >= 0.3 is 0 Å². The Kier molecular flexibility index (Phi) is 7.13. The molecule has 1 aromatic carbocycles. The molecule has 1 aliphatic heterocycles. The predicted molar refractivity (Wildman–Crippen MR) is 89.3 cm³/mol. The number of halogens is 3. The lowest BCUT2D eigenvalue weighted by molar-refractivity contribution is 0.0957. The molecule has 1 heterocycles. The Labute approximate surface area is 137 Å². The van der Waals surface area contributed by atoms with Crippen molar-refractivity contribution in [2.24, 2.45) is 0 Å². The molecule has 0 atom stereocenters. The van der Waals surface area contributed by atoms with E-state index in [1.54, 1.807) is 12.1 Å². The topological polar surface area (TPSA) is 41.1 Å². The molecule has 0 unspecified atom stereocenters. The van der Waals surface area contributed by atoms with E-state index < -0.39 is 0 Å². The highest BCUT2D eigenvalue weighted by molar-refractivity contribution is 14.1. The molecule has 19 heavy (non-hydrogen) atoms. The minimum Gasteiger partial charge on any atom is -0.348 e. The minimum atomic E-state index is -0.115. The molecular formula is C13H15Cl2IN2O. The van der Waals surface area contributed by atoms with Crippen molar-refractivity contribution in [2.75, 3.05) is 19.6 Å². The summed E-state index contributed by atoms with van der Waals surface area (Å²) in [5.41, 5.74) is 1.80. The van der Waals surface area contributed by atoms with Gasteiger partial charge in [0, 0.05) is 16.7 Å². The van der Waals surface area contributed by atoms with Crippen molar-refractivity contribution in [3.63, 3.8) is 0 Å². The van der Waals surface area contributed by atoms with E-state index in [0.717, 1.165) is 23.1 Å². The van der Waals surface area contributed by atoms with Crippen molar-refractivity contribution >= 4 is 52.5 Å². The molecular weight excluding hydrogens is 398 g/mol. The third-order valence-electron chi connectivity index (χ3n) is 2.81. The van der Waals surface area contributed by atoms with Gasteiger partial charge in [-0.15, -0.1) is 12.4 Å². The number of benzene rings is 1. The molecule has 1 amide bonds. The SMILES string of the molecule is Cl.O=C(NCC1=CCNCC1)c1ccc(I)cc1Cl. The fourth-order valence-electron chi connectivity index (χ4n) is 1.79. The zero-order valence-corrected chi connectivity index (χ0v) is 13.9. The van der Waals surface area contributed by atoms with Gasteiger partial charge in [-0.1, -0.05) is 23.3 Å². The van der Waals surface area contributed by atoms with Gasteiger partial charge in [-0.05, 0) is 53.8 Å². The van der Waals surface area contributed by atoms with Crippen LogP contribution in [-0.2, 0) is 0 Å². The quantitative estimate of drug-likeness (QED) is 0.591. The largest absolute Gasteiger partial charge is 0.348 e. The number of amides is 1. The van der Waals surface area contributed by atoms with Crippen LogP contribution in [0.3, 0.4) is 0 Å². The summed E-state index contributed by atoms with van der Waals surface area (Å²) in [6.45, 7) is 2.46. The van der Waals surface area contributed by atoms with Gasteiger partial charge in [-0.3, -0.25) is 4.79 Å². The number of carbonyl (C=O) groups is 1. The van der Waals surface area contributed by atoms with Gasteiger partial charge in [0.2, 0.25) is 0 Å². The molecule has 0 bridgehead atoms. The lowest BCUT2D eigenvalue weighted by Gasteiger charge is -2.14. The second kappa shape index (κ2) is 8.09. The summed E-state index contributed by atoms with van der Waals surface area (Å²) in [6, 6.07) is 5.43. The zero-order valence-electron chi connectivity index (χ0n) is 10.2. The summed E-state index contributed by atoms with van der Waals surface area (Å²) < 4.78 is 1.02. The van der Waals surface area contributed by atoms with E-state index in [-0.39, 0.29) is 18.3 Å². The fraction of sp³-hybridized carbons (Fsp3) is 0.308. The van der Waals surface area contributed by atoms with Gasteiger partial charge in [-0.25, -0.2) is 0 Å². The van der Waals surface area contributed by atoms with Gasteiger partial charge in [0.05, 0.1) is 10.6 Å². The number of hydrogen-bond donors (Lipinski definition) is 2. The van der Waals surface area contributed by atoms with E-state index >= 15 is 0 Å². The van der Waals surface area contributed by atoms with Crippen LogP contribution in [0.4, 0.5) is 0 Å². The van der Waals surface area contributed by atoms with Crippen LogP contribution in [-0.4, -0.2) is 25.5 Å². The molecule has 104 valence electrons. The Bertz CT molecular complexity index is 492. The van der Waals surface area contributed by atoms with E-state index in [0.29, 0.717) is 17.1 Å². The van der Waals surface area contributed by atoms with Gasteiger partial charge in [0.25, 0.3) is 5.91 Å². The van der Waals surface area contributed by atoms with E-state index in [1.807, 2.05) is 6.07 Å². The Balaban J connectivity index is 0.00000180. The Hall–Kier alpha value is -0.300. The molecule has 2 N–H and O–H groups in total. The molecule has 0 saturated heterocycles. The highest BCUT2D eigenvalue weighted by atomic mass is 127. The van der Waals surface area contributed by atoms with Crippen LogP contribution in [0.25, 0.3) is 0 Å². The van der Waals surface area contributed by atoms with Crippen molar-refractivity contribution in [3.05, 3.63) is 44.0 Å². The van der Waals surface area contributed by atoms with Crippen molar-refractivity contribution in [1.29, 1.82) is 0 Å². The second-order valence-electron chi connectivity index (χ2n) is 4.12. The maximum Gasteiger partial charge on any atom is 0.253 e. The summed E-state index contributed by atoms with van der Waals surface area (Å²) >= 11 is 8.23. The molecule has 2 rings (SSSR count). The van der Waals surface area contributed by atoms with Crippen molar-refractivity contribution < 1.29 is 4.79 Å². The highest BCUT2D eigenvalue weighted by Gasteiger charge is 2.11. The van der Waals surface area contributed by atoms with Crippen LogP contribution < -0.4 is 10.6 Å². The summed E-state index contributed by atoms with van der Waals surface area (Å²) in [5, 5.41) is 6.64. The van der Waals surface area contributed by atoms with E-state index in [1.165, 1.54) is 5.57 Å². The molecule has 0 aromatic heterocycles. The van der Waals surface area contributed by atoms with Gasteiger partial charge in [0.1, 0.15) is 0 Å². The van der Waals surface area contributed by atoms with E-state index in [2.05, 4.69) is 39.3 Å². The van der Waals surface area contributed by atoms with Crippen LogP contribution in [0.15, 0.2) is 29.8 Å². The predicted octanol–water partition coefficient (Wildman–Crippen LogP) is 3.02. The summed E-state index contributed by atoms with van der Waals surface area (Å²) in [5.74, 6) is -0.115. The molecule has 0 radical (unpaired) electrons. The molecule has 0 aliphatic carbocycles. The van der Waals surface area contributed by atoms with Crippen molar-refractivity contribution in [2.45, 2.75) is 6.42 Å². The minimum absolute atomic E-state index is 0. The molecule has 0 spiro atoms. The third kappa shape index (κ3) is 4.95. The van der Waals surface area contributed by atoms with Crippen LogP contribution in [0, 0.1) is 3.57 Å². The Morgan fingerprint density at radius 1 is 1.47 bits per heavy atom. The fourth-order valence-corrected chi connectivity index (χ4v) is 2.73. The summed E-state index contributed by atoms with van der Waals surface area (Å²) in [4.78, 5) is 12.0. The second-order valence-corrected chi connectivity index (χ2v) is 5.78. The average Bonchev–Trinajstić information content (AvgIpc) is 2.37. The first-order valence-electron chi connectivity index (χ1n) is 5.78. The van der Waals surface area contributed by atoms with E-state index in [4.69, 9.17) is 11.6 Å². The highest BCUT2D eigenvalue weighted by Crippen LogP contribution is 2.19. The van der Waals surface area contributed by atoms with Crippen molar-refractivity contribution in [3.8, 4) is 0 Å². The molecule has 0 saturated carbocycles. The van der Waals surface area contributed by atoms with Gasteiger partial charge < -0.3 is 10.6 Å². The smallest absolute Gasteiger partial charge is 0.253 e. The third-order valence-corrected chi connectivity index (χ3v) is 3.79. The standard InChI is InChI=1S/C13H14ClIN2O.ClH/c14-12-7-10(15)1-2-11(12)13(18)17-8-9-3-5-16-6-4-9;/h1-3,7,16H,4-6,8H2,(H,17,18);1H. The molecule has 3 nitrogen and oxygen atoms in total. The first-order chi connectivity index (χ1) is 8.66. The zero-order chi connectivity index (χ0) is 13.0. The van der Waals surface area contributed by atoms with Gasteiger partial charge in [0.15, 0.2) is 0 Å². The number of carbonyl (C=O) groups excluding carboxylic acids is 1. The lowest BCUT2D eigenvalue weighted by atomic mass is 10.1. The maximum atomic E-state index is 12.0. The van der Waals surface area contributed by atoms with Crippen molar-refractivity contribution in [1.82, 2.24) is 10.6 Å². The van der Waals surface area contributed by atoms with Crippen LogP contribution in [0.1, 0.15) is 16.8 Å². The maximum absolute atomic E-state index is 12.0. The molecule has 0 fully saturated rings. The van der Waals surface area contributed by atoms with Crippen LogP contribution in [0.2, 0.25) is 5.02 Å². The number of nitrogens with one attached hydrogen (secondary N) is 2. The average molecular weight is 413 g/mol. The first-order valence-corrected chi connectivity index (χ1v) is 7.24. The van der Waals surface area contributed by atoms with E-state index in [9.17, 15) is 4.79 Å². The Morgan fingerprint density at radius 3 is 2.89 bits per heavy atom. The monoisotopic (exact) mass is 412 g/mol. The summed E-state index contributed by atoms with van der Waals surface area (Å²) in [6.07, 6.45) is 3.11.